The SMILES string of the molecule is C=CC[N+](=CC1C[C@H]1c1ccc(F)cc1)CCC[C@H](NC(=O)c1ccc(-n2ccnn2)cc1)C(=O)N1CCN(C)CC1. The lowest BCUT2D eigenvalue weighted by molar-refractivity contribution is -0.515. The predicted molar refractivity (Wildman–Crippen MR) is 159 cm³/mol. The van der Waals surface area contributed by atoms with Crippen LogP contribution in [0, 0.1) is 11.7 Å². The zero-order chi connectivity index (χ0) is 29.5. The lowest BCUT2D eigenvalue weighted by Gasteiger charge is -2.34. The number of nitrogens with one attached hydrogen (secondary N) is 1. The maximum Gasteiger partial charge on any atom is 0.251 e. The van der Waals surface area contributed by atoms with Gasteiger partial charge in [-0.15, -0.1) is 5.10 Å². The van der Waals surface area contributed by atoms with Crippen LogP contribution < -0.4 is 5.32 Å². The van der Waals surface area contributed by atoms with Crippen molar-refractivity contribution in [1.82, 2.24) is 30.1 Å². The molecule has 2 fully saturated rings. The van der Waals surface area contributed by atoms with Gasteiger partial charge in [-0.05, 0) is 73.8 Å². The third kappa shape index (κ3) is 7.55. The van der Waals surface area contributed by atoms with Crippen molar-refractivity contribution in [2.45, 2.75) is 31.2 Å². The Kier molecular flexibility index (Phi) is 9.53. The van der Waals surface area contributed by atoms with Crippen LogP contribution in [0.4, 0.5) is 4.39 Å². The number of benzene rings is 2. The number of amides is 2. The third-order valence-corrected chi connectivity index (χ3v) is 8.08. The van der Waals surface area contributed by atoms with E-state index in [4.69, 9.17) is 0 Å². The van der Waals surface area contributed by atoms with Crippen molar-refractivity contribution in [2.75, 3.05) is 46.3 Å². The minimum atomic E-state index is -0.616. The van der Waals surface area contributed by atoms with E-state index in [0.717, 1.165) is 43.7 Å². The first kappa shape index (κ1) is 29.3. The Balaban J connectivity index is 1.22. The number of nitrogens with zero attached hydrogens (tertiary/aromatic N) is 6. The van der Waals surface area contributed by atoms with Crippen molar-refractivity contribution >= 4 is 18.0 Å². The standard InChI is InChI=1S/C32H38FN7O2/c1-3-15-38(23-26-22-29(26)24-6-10-27(33)11-7-24)16-4-5-30(32(42)39-20-18-37(2)19-21-39)35-31(41)25-8-12-28(13-9-25)40-17-14-34-36-40/h3,6-14,17,23,26,29-30H,1,4-5,15-16,18-22H2,2H3/p+1/t26?,29-,30-/m0/s1. The van der Waals surface area contributed by atoms with Gasteiger partial charge in [0, 0.05) is 44.1 Å². The Morgan fingerprint density at radius 1 is 1.12 bits per heavy atom. The number of halogens is 1. The molecular formula is C32H39FN7O2+. The Labute approximate surface area is 246 Å². The molecule has 1 saturated carbocycles. The fourth-order valence-electron chi connectivity index (χ4n) is 5.49. The van der Waals surface area contributed by atoms with Gasteiger partial charge >= 0.3 is 0 Å². The number of carbonyl (C=O) groups is 2. The summed E-state index contributed by atoms with van der Waals surface area (Å²) < 4.78 is 17.2. The average molecular weight is 573 g/mol. The zero-order valence-electron chi connectivity index (χ0n) is 24.1. The first-order valence-corrected chi connectivity index (χ1v) is 14.6. The van der Waals surface area contributed by atoms with E-state index in [-0.39, 0.29) is 17.6 Å². The van der Waals surface area contributed by atoms with Crippen LogP contribution in [0.25, 0.3) is 5.69 Å². The van der Waals surface area contributed by atoms with Gasteiger partial charge in [-0.2, -0.15) is 0 Å². The van der Waals surface area contributed by atoms with Crippen LogP contribution in [-0.2, 0) is 4.79 Å². The van der Waals surface area contributed by atoms with E-state index in [9.17, 15) is 14.0 Å². The summed E-state index contributed by atoms with van der Waals surface area (Å²) in [5.41, 5.74) is 2.44. The molecule has 10 heteroatoms. The van der Waals surface area contributed by atoms with Crippen LogP contribution in [0.2, 0.25) is 0 Å². The highest BCUT2D eigenvalue weighted by Crippen LogP contribution is 2.46. The van der Waals surface area contributed by atoms with Gasteiger partial charge in [0.25, 0.3) is 5.91 Å². The summed E-state index contributed by atoms with van der Waals surface area (Å²) in [6, 6.07) is 13.2. The number of aromatic nitrogens is 3. The highest BCUT2D eigenvalue weighted by Gasteiger charge is 2.40. The number of carbonyl (C=O) groups excluding carboxylic acids is 2. The summed E-state index contributed by atoms with van der Waals surface area (Å²) in [6.45, 7) is 8.29. The molecule has 0 bridgehead atoms. The number of hydrogen-bond acceptors (Lipinski definition) is 5. The molecule has 1 aliphatic carbocycles. The van der Waals surface area contributed by atoms with Gasteiger partial charge in [0.05, 0.1) is 18.1 Å². The highest BCUT2D eigenvalue weighted by molar-refractivity contribution is 5.97. The normalized spacial score (nSPS) is 19.8. The monoisotopic (exact) mass is 572 g/mol. The minimum Gasteiger partial charge on any atom is -0.340 e. The highest BCUT2D eigenvalue weighted by atomic mass is 19.1. The Bertz CT molecular complexity index is 1380. The summed E-state index contributed by atoms with van der Waals surface area (Å²) in [5, 5.41) is 10.8. The first-order valence-electron chi connectivity index (χ1n) is 14.6. The predicted octanol–water partition coefficient (Wildman–Crippen LogP) is 3.13. The van der Waals surface area contributed by atoms with Crippen LogP contribution in [-0.4, -0.2) is 99.8 Å². The van der Waals surface area contributed by atoms with E-state index in [1.54, 1.807) is 41.3 Å². The van der Waals surface area contributed by atoms with Crippen molar-refractivity contribution in [3.8, 4) is 5.69 Å². The molecule has 1 N–H and O–H groups in total. The van der Waals surface area contributed by atoms with E-state index >= 15 is 0 Å². The lowest BCUT2D eigenvalue weighted by atomic mass is 10.1. The van der Waals surface area contributed by atoms with Crippen LogP contribution in [0.1, 0.15) is 41.1 Å². The Morgan fingerprint density at radius 3 is 2.52 bits per heavy atom. The molecule has 0 spiro atoms. The third-order valence-electron chi connectivity index (χ3n) is 8.08. The van der Waals surface area contributed by atoms with Gasteiger partial charge in [0.1, 0.15) is 24.6 Å². The minimum absolute atomic E-state index is 0.0338. The molecule has 1 unspecified atom stereocenters. The molecule has 5 rings (SSSR count). The Hall–Kier alpha value is -4.18. The molecule has 220 valence electrons. The second-order valence-corrected chi connectivity index (χ2v) is 11.2. The fourth-order valence-corrected chi connectivity index (χ4v) is 5.49. The van der Waals surface area contributed by atoms with E-state index in [2.05, 4.69) is 44.9 Å². The van der Waals surface area contributed by atoms with E-state index < -0.39 is 6.04 Å². The molecule has 2 aliphatic rings. The molecule has 1 aromatic heterocycles. The van der Waals surface area contributed by atoms with Gasteiger partial charge < -0.3 is 15.1 Å². The van der Waals surface area contributed by atoms with Crippen molar-refractivity contribution in [3.63, 3.8) is 0 Å². The molecular weight excluding hydrogens is 533 g/mol. The topological polar surface area (TPSA) is 86.4 Å². The van der Waals surface area contributed by atoms with Crippen LogP contribution in [0.3, 0.4) is 0 Å². The largest absolute Gasteiger partial charge is 0.340 e. The summed E-state index contributed by atoms with van der Waals surface area (Å²) in [4.78, 5) is 30.9. The fraction of sp³-hybridized carbons (Fsp3) is 0.406. The molecule has 3 aromatic rings. The molecule has 0 radical (unpaired) electrons. The van der Waals surface area contributed by atoms with Gasteiger partial charge in [-0.1, -0.05) is 23.9 Å². The van der Waals surface area contributed by atoms with Crippen LogP contribution in [0.5, 0.6) is 0 Å². The second-order valence-electron chi connectivity index (χ2n) is 11.2. The summed E-state index contributed by atoms with van der Waals surface area (Å²) in [5.74, 6) is 0.276. The molecule has 42 heavy (non-hydrogen) atoms. The van der Waals surface area contributed by atoms with Crippen LogP contribution >= 0.6 is 0 Å². The maximum atomic E-state index is 13.6. The molecule has 2 heterocycles. The molecule has 2 amide bonds. The molecule has 1 aliphatic heterocycles. The smallest absolute Gasteiger partial charge is 0.251 e. The molecule has 1 saturated heterocycles. The molecule has 3 atom stereocenters. The average Bonchev–Trinajstić information content (AvgIpc) is 3.53. The second kappa shape index (κ2) is 13.7. The number of rotatable bonds is 12. The van der Waals surface area contributed by atoms with Crippen molar-refractivity contribution in [1.29, 1.82) is 0 Å². The van der Waals surface area contributed by atoms with Gasteiger partial charge in [-0.25, -0.2) is 13.6 Å². The maximum absolute atomic E-state index is 13.6. The van der Waals surface area contributed by atoms with Crippen molar-refractivity contribution in [3.05, 3.63) is 90.5 Å². The molecule has 9 nitrogen and oxygen atoms in total. The molecule has 2 aromatic carbocycles. The van der Waals surface area contributed by atoms with E-state index in [1.807, 2.05) is 23.1 Å². The Morgan fingerprint density at radius 2 is 1.86 bits per heavy atom. The van der Waals surface area contributed by atoms with Crippen molar-refractivity contribution < 1.29 is 18.6 Å². The number of hydrogen-bond donors (Lipinski definition) is 1. The number of likely N-dealkylation sites (N-methyl/N-ethyl adjacent to an activating group) is 1. The number of piperazine rings is 1. The quantitative estimate of drug-likeness (QED) is 0.205. The van der Waals surface area contributed by atoms with Crippen LogP contribution in [0.15, 0.2) is 73.6 Å². The van der Waals surface area contributed by atoms with E-state index in [0.29, 0.717) is 43.5 Å². The zero-order valence-corrected chi connectivity index (χ0v) is 24.1. The van der Waals surface area contributed by atoms with Gasteiger partial charge in [0.15, 0.2) is 6.54 Å². The van der Waals surface area contributed by atoms with Gasteiger partial charge in [0.2, 0.25) is 5.91 Å². The van der Waals surface area contributed by atoms with Crippen molar-refractivity contribution in [2.24, 2.45) is 5.92 Å². The summed E-state index contributed by atoms with van der Waals surface area (Å²) in [7, 11) is 2.05. The summed E-state index contributed by atoms with van der Waals surface area (Å²) in [6.07, 6.45) is 9.76. The van der Waals surface area contributed by atoms with E-state index in [1.165, 1.54) is 12.1 Å². The lowest BCUT2D eigenvalue weighted by Crippen LogP contribution is -2.54. The van der Waals surface area contributed by atoms with Gasteiger partial charge in [-0.3, -0.25) is 9.59 Å². The first-order chi connectivity index (χ1) is 20.4. The summed E-state index contributed by atoms with van der Waals surface area (Å²) >= 11 is 0.